The third-order valence-electron chi connectivity index (χ3n) is 4.40. The van der Waals surface area contributed by atoms with E-state index in [4.69, 9.17) is 5.73 Å². The molecular weight excluding hydrogens is 268 g/mol. The fraction of sp³-hybridized carbons (Fsp3) is 0.600. The summed E-state index contributed by atoms with van der Waals surface area (Å²) < 4.78 is 0. The highest BCUT2D eigenvalue weighted by atomic mass is 32.1. The maximum atomic E-state index is 6.01. The molecule has 20 heavy (non-hydrogen) atoms. The number of fused-ring (bicyclic) bond motifs is 1. The summed E-state index contributed by atoms with van der Waals surface area (Å²) in [4.78, 5) is 12.5. The van der Waals surface area contributed by atoms with Crippen LogP contribution < -0.4 is 5.73 Å². The van der Waals surface area contributed by atoms with Gasteiger partial charge in [0.15, 0.2) is 0 Å². The molecule has 2 aromatic heterocycles. The van der Waals surface area contributed by atoms with Crippen LogP contribution in [0.4, 0.5) is 5.82 Å². The Labute approximate surface area is 124 Å². The van der Waals surface area contributed by atoms with Crippen LogP contribution in [-0.2, 0) is 6.54 Å². The van der Waals surface area contributed by atoms with Crippen molar-refractivity contribution in [3.63, 3.8) is 0 Å². The van der Waals surface area contributed by atoms with Crippen molar-refractivity contribution in [3.05, 3.63) is 17.3 Å². The summed E-state index contributed by atoms with van der Waals surface area (Å²) in [6, 6.07) is 2.65. The number of aromatic nitrogens is 2. The number of hydrogen-bond acceptors (Lipinski definition) is 5. The molecule has 2 N–H and O–H groups in total. The van der Waals surface area contributed by atoms with Gasteiger partial charge in [-0.05, 0) is 50.1 Å². The zero-order valence-electron chi connectivity index (χ0n) is 12.2. The lowest BCUT2D eigenvalue weighted by molar-refractivity contribution is 0.161. The first kappa shape index (κ1) is 13.8. The molecule has 5 heteroatoms. The van der Waals surface area contributed by atoms with Crippen molar-refractivity contribution < 1.29 is 0 Å². The summed E-state index contributed by atoms with van der Waals surface area (Å²) in [6.07, 6.45) is 5.24. The molecule has 0 aromatic carbocycles. The number of nitrogens with two attached hydrogens (primary N) is 1. The molecule has 0 atom stereocenters. The zero-order valence-corrected chi connectivity index (χ0v) is 13.0. The molecule has 4 nitrogen and oxygen atoms in total. The van der Waals surface area contributed by atoms with Crippen molar-refractivity contribution >= 4 is 27.4 Å². The SMILES string of the molecule is CC1CCC(N(C)Cc2nc(N)c3ccsc3n2)CC1. The number of nitrogen functional groups attached to an aromatic ring is 1. The lowest BCUT2D eigenvalue weighted by atomic mass is 9.87. The molecule has 2 aromatic rings. The number of thiophene rings is 1. The van der Waals surface area contributed by atoms with E-state index in [0.29, 0.717) is 11.9 Å². The third-order valence-corrected chi connectivity index (χ3v) is 5.21. The average molecular weight is 290 g/mol. The molecule has 0 amide bonds. The maximum absolute atomic E-state index is 6.01. The highest BCUT2D eigenvalue weighted by Crippen LogP contribution is 2.28. The second kappa shape index (κ2) is 5.66. The minimum atomic E-state index is 0.608. The molecule has 1 aliphatic carbocycles. The maximum Gasteiger partial charge on any atom is 0.146 e. The quantitative estimate of drug-likeness (QED) is 0.942. The predicted octanol–water partition coefficient (Wildman–Crippen LogP) is 3.28. The molecule has 0 spiro atoms. The molecule has 3 rings (SSSR count). The molecule has 2 heterocycles. The summed E-state index contributed by atoms with van der Waals surface area (Å²) in [6.45, 7) is 3.14. The van der Waals surface area contributed by atoms with Gasteiger partial charge in [0.05, 0.1) is 11.9 Å². The molecule has 0 aliphatic heterocycles. The minimum absolute atomic E-state index is 0.608. The average Bonchev–Trinajstić information content (AvgIpc) is 2.88. The monoisotopic (exact) mass is 290 g/mol. The molecule has 0 unspecified atom stereocenters. The number of nitrogens with zero attached hydrogens (tertiary/aromatic N) is 3. The molecule has 1 aliphatic rings. The topological polar surface area (TPSA) is 55.0 Å². The summed E-state index contributed by atoms with van der Waals surface area (Å²) in [7, 11) is 2.18. The molecule has 108 valence electrons. The zero-order chi connectivity index (χ0) is 14.1. The van der Waals surface area contributed by atoms with E-state index >= 15 is 0 Å². The third kappa shape index (κ3) is 2.79. The van der Waals surface area contributed by atoms with Crippen LogP contribution in [0.5, 0.6) is 0 Å². The van der Waals surface area contributed by atoms with Gasteiger partial charge in [-0.2, -0.15) is 0 Å². The van der Waals surface area contributed by atoms with Crippen LogP contribution in [0.3, 0.4) is 0 Å². The van der Waals surface area contributed by atoms with Crippen molar-refractivity contribution in [3.8, 4) is 0 Å². The van der Waals surface area contributed by atoms with Crippen molar-refractivity contribution in [2.75, 3.05) is 12.8 Å². The summed E-state index contributed by atoms with van der Waals surface area (Å²) >= 11 is 1.63. The Hall–Kier alpha value is -1.20. The van der Waals surface area contributed by atoms with Gasteiger partial charge in [0.25, 0.3) is 0 Å². The van der Waals surface area contributed by atoms with Gasteiger partial charge in [-0.15, -0.1) is 11.3 Å². The summed E-state index contributed by atoms with van der Waals surface area (Å²) in [5.41, 5.74) is 6.01. The summed E-state index contributed by atoms with van der Waals surface area (Å²) in [5, 5.41) is 3.00. The van der Waals surface area contributed by atoms with Crippen LogP contribution in [0, 0.1) is 5.92 Å². The molecule has 1 saturated carbocycles. The largest absolute Gasteiger partial charge is 0.383 e. The number of hydrogen-bond donors (Lipinski definition) is 1. The standard InChI is InChI=1S/C15H22N4S/c1-10-3-5-11(6-4-10)19(2)9-13-17-14(16)12-7-8-20-15(12)18-13/h7-8,10-11H,3-6,9H2,1-2H3,(H2,16,17,18). The van der Waals surface area contributed by atoms with E-state index in [9.17, 15) is 0 Å². The Kier molecular flexibility index (Phi) is 3.89. The Morgan fingerprint density at radius 2 is 2.05 bits per heavy atom. The van der Waals surface area contributed by atoms with Crippen molar-refractivity contribution in [1.29, 1.82) is 0 Å². The van der Waals surface area contributed by atoms with E-state index in [1.54, 1.807) is 11.3 Å². The van der Waals surface area contributed by atoms with E-state index in [1.807, 2.05) is 11.4 Å². The van der Waals surface area contributed by atoms with Gasteiger partial charge in [0.2, 0.25) is 0 Å². The van der Waals surface area contributed by atoms with E-state index in [1.165, 1.54) is 25.7 Å². The number of anilines is 1. The van der Waals surface area contributed by atoms with Gasteiger partial charge in [-0.1, -0.05) is 6.92 Å². The Morgan fingerprint density at radius 1 is 1.30 bits per heavy atom. The molecule has 1 fully saturated rings. The van der Waals surface area contributed by atoms with Crippen LogP contribution in [0.25, 0.3) is 10.2 Å². The normalized spacial score (nSPS) is 23.6. The smallest absolute Gasteiger partial charge is 0.146 e. The van der Waals surface area contributed by atoms with Crippen LogP contribution >= 0.6 is 11.3 Å². The highest BCUT2D eigenvalue weighted by molar-refractivity contribution is 7.16. The Balaban J connectivity index is 1.72. The first-order valence-electron chi connectivity index (χ1n) is 7.33. The first-order chi connectivity index (χ1) is 9.63. The first-order valence-corrected chi connectivity index (χ1v) is 8.21. The van der Waals surface area contributed by atoms with Gasteiger partial charge in [0, 0.05) is 6.04 Å². The fourth-order valence-corrected chi connectivity index (χ4v) is 3.82. The van der Waals surface area contributed by atoms with Gasteiger partial charge in [0.1, 0.15) is 16.5 Å². The molecule has 0 saturated heterocycles. The Morgan fingerprint density at radius 3 is 2.80 bits per heavy atom. The molecule has 0 bridgehead atoms. The molecular formula is C15H22N4S. The summed E-state index contributed by atoms with van der Waals surface area (Å²) in [5.74, 6) is 2.34. The fourth-order valence-electron chi connectivity index (χ4n) is 3.03. The second-order valence-electron chi connectivity index (χ2n) is 5.99. The van der Waals surface area contributed by atoms with Crippen LogP contribution in [0.1, 0.15) is 38.4 Å². The van der Waals surface area contributed by atoms with E-state index in [-0.39, 0.29) is 0 Å². The Bertz CT molecular complexity index is 587. The van der Waals surface area contributed by atoms with Crippen molar-refractivity contribution in [1.82, 2.24) is 14.9 Å². The van der Waals surface area contributed by atoms with E-state index < -0.39 is 0 Å². The van der Waals surface area contributed by atoms with Crippen molar-refractivity contribution in [2.45, 2.75) is 45.2 Å². The van der Waals surface area contributed by atoms with E-state index in [2.05, 4.69) is 28.8 Å². The highest BCUT2D eigenvalue weighted by Gasteiger charge is 2.22. The minimum Gasteiger partial charge on any atom is -0.383 e. The second-order valence-corrected chi connectivity index (χ2v) is 6.89. The predicted molar refractivity (Wildman–Crippen MR) is 84.7 cm³/mol. The van der Waals surface area contributed by atoms with E-state index in [0.717, 1.165) is 28.5 Å². The number of rotatable bonds is 3. The van der Waals surface area contributed by atoms with Crippen LogP contribution in [-0.4, -0.2) is 28.0 Å². The lowest BCUT2D eigenvalue weighted by Gasteiger charge is -2.33. The molecule has 0 radical (unpaired) electrons. The van der Waals surface area contributed by atoms with Gasteiger partial charge in [-0.25, -0.2) is 9.97 Å². The van der Waals surface area contributed by atoms with Gasteiger partial charge < -0.3 is 5.73 Å². The lowest BCUT2D eigenvalue weighted by Crippen LogP contribution is -2.34. The van der Waals surface area contributed by atoms with Crippen LogP contribution in [0.15, 0.2) is 11.4 Å². The van der Waals surface area contributed by atoms with Gasteiger partial charge in [-0.3, -0.25) is 4.90 Å². The van der Waals surface area contributed by atoms with Crippen molar-refractivity contribution in [2.24, 2.45) is 5.92 Å². The van der Waals surface area contributed by atoms with Crippen LogP contribution in [0.2, 0.25) is 0 Å². The van der Waals surface area contributed by atoms with Gasteiger partial charge >= 0.3 is 0 Å².